The van der Waals surface area contributed by atoms with Crippen LogP contribution in [0.1, 0.15) is 0 Å². The molecule has 0 bridgehead atoms. The summed E-state index contributed by atoms with van der Waals surface area (Å²) < 4.78 is 4.78. The summed E-state index contributed by atoms with van der Waals surface area (Å²) in [6, 6.07) is 0. The van der Waals surface area contributed by atoms with Gasteiger partial charge in [0.2, 0.25) is 0 Å². The number of hydrogen-bond acceptors (Lipinski definition) is 4. The fourth-order valence-corrected chi connectivity index (χ4v) is 1.48. The summed E-state index contributed by atoms with van der Waals surface area (Å²) >= 11 is 2.99. The van der Waals surface area contributed by atoms with Crippen molar-refractivity contribution in [2.24, 2.45) is 0 Å². The fourth-order valence-electron chi connectivity index (χ4n) is 0.339. The van der Waals surface area contributed by atoms with Crippen molar-refractivity contribution in [1.29, 1.82) is 0 Å². The third-order valence-electron chi connectivity index (χ3n) is 0.792. The van der Waals surface area contributed by atoms with Crippen LogP contribution in [-0.4, -0.2) is 30.4 Å². The van der Waals surface area contributed by atoms with Crippen molar-refractivity contribution < 1.29 is 9.53 Å². The lowest BCUT2D eigenvalue weighted by Crippen LogP contribution is -2.22. The van der Waals surface area contributed by atoms with Gasteiger partial charge in [0, 0.05) is 7.05 Å². The third-order valence-corrected chi connectivity index (χ3v) is 2.91. The zero-order valence-electron chi connectivity index (χ0n) is 6.21. The molecule has 0 unspecified atom stereocenters. The highest BCUT2D eigenvalue weighted by molar-refractivity contribution is 8.16. The van der Waals surface area contributed by atoms with E-state index in [0.717, 1.165) is 0 Å². The quantitative estimate of drug-likeness (QED) is 0.667. The number of amides is 1. The highest BCUT2D eigenvalue weighted by Crippen LogP contribution is 2.19. The van der Waals surface area contributed by atoms with Crippen molar-refractivity contribution in [1.82, 2.24) is 5.32 Å². The maximum atomic E-state index is 10.6. The summed E-state index contributed by atoms with van der Waals surface area (Å²) in [4.78, 5) is 10.6. The van der Waals surface area contributed by atoms with Crippen LogP contribution in [-0.2, 0) is 4.74 Å². The molecule has 0 aliphatic heterocycles. The lowest BCUT2D eigenvalue weighted by molar-refractivity contribution is 0.161. The van der Waals surface area contributed by atoms with Gasteiger partial charge in [0.25, 0.3) is 0 Å². The highest BCUT2D eigenvalue weighted by atomic mass is 32.2. The number of carbonyl (C=O) groups excluding carboxylic acids is 1. The minimum atomic E-state index is -0.381. The van der Waals surface area contributed by atoms with Crippen molar-refractivity contribution in [2.45, 2.75) is 4.77 Å². The van der Waals surface area contributed by atoms with E-state index in [2.05, 4.69) is 5.32 Å². The molecule has 0 aromatic carbocycles. The second-order valence-electron chi connectivity index (χ2n) is 1.42. The van der Waals surface area contributed by atoms with E-state index in [0.29, 0.717) is 0 Å². The minimum Gasteiger partial charge on any atom is -0.425 e. The molecule has 0 rings (SSSR count). The van der Waals surface area contributed by atoms with E-state index in [1.807, 2.05) is 12.5 Å². The topological polar surface area (TPSA) is 38.3 Å². The summed E-state index contributed by atoms with van der Waals surface area (Å²) in [5.74, 6) is 0. The van der Waals surface area contributed by atoms with Gasteiger partial charge in [-0.3, -0.25) is 0 Å². The van der Waals surface area contributed by atoms with Crippen LogP contribution in [0.3, 0.4) is 0 Å². The highest BCUT2D eigenvalue weighted by Gasteiger charge is 2.08. The van der Waals surface area contributed by atoms with Gasteiger partial charge in [0.15, 0.2) is 4.77 Å². The van der Waals surface area contributed by atoms with Gasteiger partial charge in [-0.2, -0.15) is 0 Å². The number of carbonyl (C=O) groups is 1. The van der Waals surface area contributed by atoms with E-state index in [-0.39, 0.29) is 10.9 Å². The van der Waals surface area contributed by atoms with Crippen molar-refractivity contribution in [3.05, 3.63) is 0 Å². The van der Waals surface area contributed by atoms with Crippen molar-refractivity contribution in [3.8, 4) is 0 Å². The molecule has 0 heterocycles. The largest absolute Gasteiger partial charge is 0.425 e. The Kier molecular flexibility index (Phi) is 5.71. The van der Waals surface area contributed by atoms with E-state index >= 15 is 0 Å². The predicted molar refractivity (Wildman–Crippen MR) is 46.4 cm³/mol. The molecule has 60 valence electrons. The van der Waals surface area contributed by atoms with Crippen LogP contribution in [0.15, 0.2) is 0 Å². The number of ether oxygens (including phenoxy) is 1. The first-order chi connectivity index (χ1) is 4.74. The van der Waals surface area contributed by atoms with E-state index in [9.17, 15) is 4.79 Å². The molecule has 0 radical (unpaired) electrons. The minimum absolute atomic E-state index is 0.0973. The Morgan fingerprint density at radius 1 is 1.50 bits per heavy atom. The summed E-state index contributed by atoms with van der Waals surface area (Å²) in [5, 5.41) is 2.38. The first kappa shape index (κ1) is 9.97. The van der Waals surface area contributed by atoms with E-state index in [1.54, 1.807) is 7.05 Å². The van der Waals surface area contributed by atoms with E-state index < -0.39 is 0 Å². The molecule has 0 aromatic heterocycles. The summed E-state index contributed by atoms with van der Waals surface area (Å²) in [7, 11) is 1.54. The lowest BCUT2D eigenvalue weighted by Gasteiger charge is -2.11. The summed E-state index contributed by atoms with van der Waals surface area (Å²) in [5.41, 5.74) is 0. The second kappa shape index (κ2) is 5.73. The smallest absolute Gasteiger partial charge is 0.408 e. The Labute approximate surface area is 69.3 Å². The monoisotopic (exact) mass is 181 g/mol. The molecule has 0 saturated heterocycles. The molecule has 0 aliphatic rings. The predicted octanol–water partition coefficient (Wildman–Crippen LogP) is 1.35. The van der Waals surface area contributed by atoms with Gasteiger partial charge < -0.3 is 10.1 Å². The molecular weight excluding hydrogens is 170 g/mol. The first-order valence-electron chi connectivity index (χ1n) is 2.68. The summed E-state index contributed by atoms with van der Waals surface area (Å²) in [6.45, 7) is 0. The van der Waals surface area contributed by atoms with Gasteiger partial charge in [-0.05, 0) is 12.5 Å². The lowest BCUT2D eigenvalue weighted by atomic mass is 11.1. The van der Waals surface area contributed by atoms with Crippen LogP contribution < -0.4 is 5.32 Å². The van der Waals surface area contributed by atoms with Crippen LogP contribution in [0, 0.1) is 0 Å². The third kappa shape index (κ3) is 3.90. The Morgan fingerprint density at radius 2 is 2.00 bits per heavy atom. The Bertz CT molecular complexity index is 106. The van der Waals surface area contributed by atoms with Crippen LogP contribution in [0.2, 0.25) is 0 Å². The summed E-state index contributed by atoms with van der Waals surface area (Å²) in [6.07, 6.45) is 3.41. The Balaban J connectivity index is 3.52. The molecule has 0 saturated carbocycles. The van der Waals surface area contributed by atoms with Crippen LogP contribution >= 0.6 is 23.5 Å². The number of nitrogens with one attached hydrogen (secondary N) is 1. The molecule has 0 aliphatic carbocycles. The zero-order chi connectivity index (χ0) is 7.98. The number of hydrogen-bond donors (Lipinski definition) is 1. The van der Waals surface area contributed by atoms with E-state index in [1.165, 1.54) is 23.5 Å². The average molecular weight is 181 g/mol. The van der Waals surface area contributed by atoms with Gasteiger partial charge in [-0.15, -0.1) is 23.5 Å². The first-order valence-corrected chi connectivity index (χ1v) is 5.26. The molecule has 1 amide bonds. The Morgan fingerprint density at radius 3 is 2.30 bits per heavy atom. The molecule has 5 heteroatoms. The zero-order valence-corrected chi connectivity index (χ0v) is 7.84. The molecule has 0 aromatic rings. The molecule has 1 N–H and O–H groups in total. The van der Waals surface area contributed by atoms with Crippen LogP contribution in [0.25, 0.3) is 0 Å². The maximum absolute atomic E-state index is 10.6. The molecule has 0 atom stereocenters. The van der Waals surface area contributed by atoms with Crippen molar-refractivity contribution >= 4 is 29.6 Å². The van der Waals surface area contributed by atoms with Crippen molar-refractivity contribution in [3.63, 3.8) is 0 Å². The van der Waals surface area contributed by atoms with Gasteiger partial charge in [0.1, 0.15) is 0 Å². The average Bonchev–Trinajstić information content (AvgIpc) is 1.99. The molecule has 3 nitrogen and oxygen atoms in total. The standard InChI is InChI=1S/C5H11NO2S2/c1-6-4(7)8-5(9-2)10-3/h5H,1-3H3,(H,6,7). The van der Waals surface area contributed by atoms with Gasteiger partial charge >= 0.3 is 6.09 Å². The maximum Gasteiger partial charge on any atom is 0.408 e. The fraction of sp³-hybridized carbons (Fsp3) is 0.800. The molecule has 0 spiro atoms. The number of thioether (sulfide) groups is 2. The van der Waals surface area contributed by atoms with Crippen molar-refractivity contribution in [2.75, 3.05) is 19.6 Å². The van der Waals surface area contributed by atoms with Crippen LogP contribution in [0.4, 0.5) is 4.79 Å². The van der Waals surface area contributed by atoms with Gasteiger partial charge in [-0.1, -0.05) is 0 Å². The van der Waals surface area contributed by atoms with Gasteiger partial charge in [0.05, 0.1) is 0 Å². The van der Waals surface area contributed by atoms with Crippen LogP contribution in [0.5, 0.6) is 0 Å². The van der Waals surface area contributed by atoms with E-state index in [4.69, 9.17) is 4.74 Å². The normalized spacial score (nSPS) is 9.60. The molecule has 10 heavy (non-hydrogen) atoms. The number of alkyl carbamates (subject to hydrolysis) is 1. The van der Waals surface area contributed by atoms with Gasteiger partial charge in [-0.25, -0.2) is 4.79 Å². The molecule has 0 fully saturated rings. The second-order valence-corrected chi connectivity index (χ2v) is 3.51. The Hall–Kier alpha value is -0.0300. The molecular formula is C5H11NO2S2. The SMILES string of the molecule is CNC(=O)OC(SC)SC. The number of rotatable bonds is 3.